The number of rotatable bonds is 5. The minimum absolute atomic E-state index is 0.125. The molecule has 0 atom stereocenters. The Morgan fingerprint density at radius 2 is 1.83 bits per heavy atom. The third kappa shape index (κ3) is 4.70. The number of piperazine rings is 1. The number of carbonyl (C=O) groups is 2. The number of amides is 2. The molecule has 4 rings (SSSR count). The lowest BCUT2D eigenvalue weighted by Gasteiger charge is -2.35. The van der Waals surface area contributed by atoms with Gasteiger partial charge in [0.05, 0.1) is 13.1 Å². The van der Waals surface area contributed by atoms with Crippen LogP contribution in [0.15, 0.2) is 29.4 Å². The van der Waals surface area contributed by atoms with Crippen molar-refractivity contribution in [2.75, 3.05) is 26.2 Å². The van der Waals surface area contributed by atoms with Crippen LogP contribution in [0.5, 0.6) is 0 Å². The molecule has 0 bridgehead atoms. The molecule has 9 nitrogen and oxygen atoms in total. The maximum Gasteiger partial charge on any atom is 0.270 e. The molecule has 0 aliphatic carbocycles. The van der Waals surface area contributed by atoms with E-state index in [1.54, 1.807) is 17.0 Å². The summed E-state index contributed by atoms with van der Waals surface area (Å²) >= 11 is 0. The molecule has 3 heterocycles. The van der Waals surface area contributed by atoms with Crippen molar-refractivity contribution in [3.63, 3.8) is 0 Å². The van der Waals surface area contributed by atoms with Gasteiger partial charge in [0.25, 0.3) is 5.91 Å². The number of carbonyl (C=O) groups excluding carboxylic acids is 2. The van der Waals surface area contributed by atoms with Crippen LogP contribution >= 0.6 is 0 Å². The van der Waals surface area contributed by atoms with Crippen molar-refractivity contribution in [1.82, 2.24) is 30.0 Å². The second-order valence-electron chi connectivity index (χ2n) is 7.53. The largest absolute Gasteiger partial charge is 0.335 e. The molecule has 1 aromatic carbocycles. The third-order valence-corrected chi connectivity index (χ3v) is 5.27. The van der Waals surface area contributed by atoms with E-state index >= 15 is 0 Å². The topological polar surface area (TPSA) is 97.8 Å². The lowest BCUT2D eigenvalue weighted by molar-refractivity contribution is -0.132. The van der Waals surface area contributed by atoms with Gasteiger partial charge in [0.2, 0.25) is 5.91 Å². The second kappa shape index (κ2) is 8.70. The van der Waals surface area contributed by atoms with E-state index in [2.05, 4.69) is 25.2 Å². The van der Waals surface area contributed by atoms with E-state index in [1.165, 1.54) is 17.1 Å². The molecule has 2 aliphatic rings. The summed E-state index contributed by atoms with van der Waals surface area (Å²) in [6, 6.07) is 5.92. The Morgan fingerprint density at radius 1 is 1.10 bits per heavy atom. The first-order valence-corrected chi connectivity index (χ1v) is 10.00. The molecule has 30 heavy (non-hydrogen) atoms. The molecule has 0 spiro atoms. The quantitative estimate of drug-likeness (QED) is 0.791. The molecule has 1 saturated heterocycles. The average molecular weight is 413 g/mol. The van der Waals surface area contributed by atoms with Gasteiger partial charge in [0, 0.05) is 39.0 Å². The van der Waals surface area contributed by atoms with E-state index in [9.17, 15) is 14.0 Å². The highest BCUT2D eigenvalue weighted by Crippen LogP contribution is 2.16. The van der Waals surface area contributed by atoms with Crippen molar-refractivity contribution in [3.8, 4) is 0 Å². The molecule has 1 aromatic heterocycles. The summed E-state index contributed by atoms with van der Waals surface area (Å²) in [7, 11) is 0. The molecule has 0 radical (unpaired) electrons. The standard InChI is InChI=1S/C20H24FN7O2/c1-14-22-18(24-23-14)13-26-8-10-27(11-9-26)20(30)17-6-7-19(29)28(25-17)12-15-2-4-16(21)5-3-15/h2-5H,6-13H2,1H3,(H,22,23,24). The van der Waals surface area contributed by atoms with Gasteiger partial charge in [-0.2, -0.15) is 10.2 Å². The Hall–Kier alpha value is -3.14. The summed E-state index contributed by atoms with van der Waals surface area (Å²) in [5, 5.41) is 12.6. The van der Waals surface area contributed by atoms with Gasteiger partial charge in [0.15, 0.2) is 5.82 Å². The fourth-order valence-electron chi connectivity index (χ4n) is 3.59. The summed E-state index contributed by atoms with van der Waals surface area (Å²) < 4.78 is 13.1. The van der Waals surface area contributed by atoms with E-state index in [-0.39, 0.29) is 30.6 Å². The molecule has 2 aliphatic heterocycles. The van der Waals surface area contributed by atoms with Gasteiger partial charge in [-0.1, -0.05) is 12.1 Å². The van der Waals surface area contributed by atoms with Crippen LogP contribution in [-0.2, 0) is 22.7 Å². The highest BCUT2D eigenvalue weighted by atomic mass is 19.1. The summed E-state index contributed by atoms with van der Waals surface area (Å²) in [4.78, 5) is 33.5. The number of aromatic nitrogens is 3. The Bertz CT molecular complexity index is 948. The summed E-state index contributed by atoms with van der Waals surface area (Å²) in [5.41, 5.74) is 1.16. The second-order valence-corrected chi connectivity index (χ2v) is 7.53. The minimum Gasteiger partial charge on any atom is -0.335 e. The number of halogens is 1. The summed E-state index contributed by atoms with van der Waals surface area (Å²) in [6.07, 6.45) is 0.587. The van der Waals surface area contributed by atoms with Crippen LogP contribution in [0.3, 0.4) is 0 Å². The van der Waals surface area contributed by atoms with Crippen LogP contribution in [0.1, 0.15) is 30.1 Å². The van der Waals surface area contributed by atoms with E-state index in [1.807, 2.05) is 6.92 Å². The monoisotopic (exact) mass is 413 g/mol. The first kappa shape index (κ1) is 20.1. The highest BCUT2D eigenvalue weighted by molar-refractivity contribution is 6.39. The van der Waals surface area contributed by atoms with Crippen LogP contribution in [0.25, 0.3) is 0 Å². The van der Waals surface area contributed by atoms with Crippen molar-refractivity contribution < 1.29 is 14.0 Å². The Balaban J connectivity index is 1.35. The number of aromatic amines is 1. The normalized spacial score (nSPS) is 17.9. The smallest absolute Gasteiger partial charge is 0.270 e. The van der Waals surface area contributed by atoms with Gasteiger partial charge in [-0.3, -0.25) is 19.6 Å². The number of hydrogen-bond acceptors (Lipinski definition) is 6. The molecule has 0 unspecified atom stereocenters. The molecule has 10 heteroatoms. The molecule has 1 N–H and O–H groups in total. The zero-order valence-corrected chi connectivity index (χ0v) is 16.8. The zero-order chi connectivity index (χ0) is 21.1. The molecular formula is C20H24FN7O2. The van der Waals surface area contributed by atoms with Gasteiger partial charge >= 0.3 is 0 Å². The predicted molar refractivity (Wildman–Crippen MR) is 107 cm³/mol. The minimum atomic E-state index is -0.333. The molecule has 2 aromatic rings. The van der Waals surface area contributed by atoms with Crippen LogP contribution < -0.4 is 0 Å². The van der Waals surface area contributed by atoms with Crippen LogP contribution in [0.2, 0.25) is 0 Å². The molecule has 158 valence electrons. The average Bonchev–Trinajstić information content (AvgIpc) is 3.16. The van der Waals surface area contributed by atoms with Crippen LogP contribution in [-0.4, -0.2) is 73.7 Å². The van der Waals surface area contributed by atoms with E-state index in [0.29, 0.717) is 31.8 Å². The van der Waals surface area contributed by atoms with Gasteiger partial charge in [-0.05, 0) is 24.6 Å². The first-order chi connectivity index (χ1) is 14.5. The van der Waals surface area contributed by atoms with Crippen molar-refractivity contribution >= 4 is 17.5 Å². The zero-order valence-electron chi connectivity index (χ0n) is 16.8. The Labute approximate surface area is 173 Å². The van der Waals surface area contributed by atoms with Crippen LogP contribution in [0.4, 0.5) is 4.39 Å². The number of hydrazone groups is 1. The number of benzene rings is 1. The van der Waals surface area contributed by atoms with E-state index in [0.717, 1.165) is 30.3 Å². The van der Waals surface area contributed by atoms with Gasteiger partial charge < -0.3 is 4.90 Å². The predicted octanol–water partition coefficient (Wildman–Crippen LogP) is 1.08. The molecule has 1 fully saturated rings. The maximum atomic E-state index is 13.1. The number of H-pyrrole nitrogens is 1. The van der Waals surface area contributed by atoms with Crippen molar-refractivity contribution in [3.05, 3.63) is 47.3 Å². The summed E-state index contributed by atoms with van der Waals surface area (Å²) in [6.45, 7) is 5.37. The highest BCUT2D eigenvalue weighted by Gasteiger charge is 2.29. The van der Waals surface area contributed by atoms with Crippen molar-refractivity contribution in [2.45, 2.75) is 32.9 Å². The van der Waals surface area contributed by atoms with Crippen molar-refractivity contribution in [2.24, 2.45) is 5.10 Å². The summed E-state index contributed by atoms with van der Waals surface area (Å²) in [5.74, 6) is 0.940. The molecule has 0 saturated carbocycles. The van der Waals surface area contributed by atoms with Gasteiger partial charge in [-0.25, -0.2) is 14.4 Å². The SMILES string of the molecule is Cc1nc(CN2CCN(C(=O)C3=NN(Cc4ccc(F)cc4)C(=O)CC3)CC2)n[nH]1. The van der Waals surface area contributed by atoms with Gasteiger partial charge in [0.1, 0.15) is 17.4 Å². The van der Waals surface area contributed by atoms with Crippen molar-refractivity contribution in [1.29, 1.82) is 0 Å². The molecule has 2 amide bonds. The molecular weight excluding hydrogens is 389 g/mol. The number of aryl methyl sites for hydroxylation is 1. The fourth-order valence-corrected chi connectivity index (χ4v) is 3.59. The number of nitrogens with one attached hydrogen (secondary N) is 1. The van der Waals surface area contributed by atoms with Crippen LogP contribution in [0, 0.1) is 12.7 Å². The van der Waals surface area contributed by atoms with E-state index < -0.39 is 0 Å². The van der Waals surface area contributed by atoms with Gasteiger partial charge in [-0.15, -0.1) is 0 Å². The third-order valence-electron chi connectivity index (χ3n) is 5.27. The lowest BCUT2D eigenvalue weighted by Crippen LogP contribution is -2.51. The maximum absolute atomic E-state index is 13.1. The number of hydrogen-bond donors (Lipinski definition) is 1. The Morgan fingerprint density at radius 3 is 2.50 bits per heavy atom. The fraction of sp³-hybridized carbons (Fsp3) is 0.450. The Kier molecular flexibility index (Phi) is 5.84. The van der Waals surface area contributed by atoms with E-state index in [4.69, 9.17) is 0 Å². The first-order valence-electron chi connectivity index (χ1n) is 10.00. The number of nitrogens with zero attached hydrogens (tertiary/aromatic N) is 6. The lowest BCUT2D eigenvalue weighted by atomic mass is 10.1.